The van der Waals surface area contributed by atoms with E-state index in [1.54, 1.807) is 4.68 Å². The van der Waals surface area contributed by atoms with Crippen LogP contribution >= 0.6 is 0 Å². The number of nitrogens with zero attached hydrogens (tertiary/aromatic N) is 3. The van der Waals surface area contributed by atoms with Gasteiger partial charge in [0.1, 0.15) is 5.69 Å². The summed E-state index contributed by atoms with van der Waals surface area (Å²) in [6.45, 7) is 1.39. The standard InChI is InChI=1S/C22H18N6O3/c1-14(29)16-12-18(23-13-16)21(30)25-26-22(31)19-24-20(15-8-4-2-5-9-15)28(27-19)17-10-6-3-7-11-17/h2-13,23H,1H3,(H,25,30)(H,26,31). The molecule has 4 aromatic rings. The Balaban J connectivity index is 1.56. The number of H-pyrrole nitrogens is 1. The number of carbonyl (C=O) groups excluding carboxylic acids is 3. The topological polar surface area (TPSA) is 122 Å². The van der Waals surface area contributed by atoms with Crippen LogP contribution in [0, 0.1) is 0 Å². The lowest BCUT2D eigenvalue weighted by atomic mass is 10.2. The number of hydrogen-bond donors (Lipinski definition) is 3. The Bertz CT molecular complexity index is 1190. The molecule has 9 heteroatoms. The highest BCUT2D eigenvalue weighted by Crippen LogP contribution is 2.20. The third-order valence-electron chi connectivity index (χ3n) is 4.47. The molecule has 2 heterocycles. The van der Waals surface area contributed by atoms with Crippen LogP contribution in [0.4, 0.5) is 0 Å². The first-order valence-corrected chi connectivity index (χ1v) is 9.41. The maximum atomic E-state index is 12.6. The Labute approximate surface area is 177 Å². The summed E-state index contributed by atoms with van der Waals surface area (Å²) in [5, 5.41) is 4.32. The number of hydrazine groups is 1. The zero-order chi connectivity index (χ0) is 21.8. The summed E-state index contributed by atoms with van der Waals surface area (Å²) in [5.74, 6) is -1.09. The lowest BCUT2D eigenvalue weighted by molar-refractivity contribution is 0.0838. The van der Waals surface area contributed by atoms with E-state index < -0.39 is 11.8 Å². The van der Waals surface area contributed by atoms with E-state index in [4.69, 9.17) is 0 Å². The molecular weight excluding hydrogens is 396 g/mol. The Morgan fingerprint density at radius 1 is 0.903 bits per heavy atom. The average molecular weight is 414 g/mol. The van der Waals surface area contributed by atoms with Crippen LogP contribution in [0.2, 0.25) is 0 Å². The van der Waals surface area contributed by atoms with Gasteiger partial charge in [-0.3, -0.25) is 25.2 Å². The van der Waals surface area contributed by atoms with E-state index in [-0.39, 0.29) is 17.3 Å². The summed E-state index contributed by atoms with van der Waals surface area (Å²) >= 11 is 0. The predicted octanol–water partition coefficient (Wildman–Crippen LogP) is 2.54. The van der Waals surface area contributed by atoms with Crippen molar-refractivity contribution in [2.75, 3.05) is 0 Å². The first-order chi connectivity index (χ1) is 15.0. The van der Waals surface area contributed by atoms with Crippen molar-refractivity contribution in [3.8, 4) is 17.1 Å². The summed E-state index contributed by atoms with van der Waals surface area (Å²) in [6.07, 6.45) is 1.42. The molecule has 2 aromatic heterocycles. The minimum Gasteiger partial charge on any atom is -0.356 e. The first-order valence-electron chi connectivity index (χ1n) is 9.41. The van der Waals surface area contributed by atoms with Crippen molar-refractivity contribution >= 4 is 17.6 Å². The first kappa shape index (κ1) is 19.8. The number of rotatable bonds is 5. The third-order valence-corrected chi connectivity index (χ3v) is 4.47. The minimum absolute atomic E-state index is 0.112. The SMILES string of the molecule is CC(=O)c1c[nH]c(C(=O)NNC(=O)c2nc(-c3ccccc3)n(-c3ccccc3)n2)c1. The van der Waals surface area contributed by atoms with Crippen LogP contribution in [0.5, 0.6) is 0 Å². The van der Waals surface area contributed by atoms with Crippen LogP contribution in [-0.2, 0) is 0 Å². The van der Waals surface area contributed by atoms with E-state index in [0.717, 1.165) is 11.3 Å². The highest BCUT2D eigenvalue weighted by Gasteiger charge is 2.19. The van der Waals surface area contributed by atoms with Gasteiger partial charge in [-0.05, 0) is 25.1 Å². The van der Waals surface area contributed by atoms with Crippen molar-refractivity contribution < 1.29 is 14.4 Å². The van der Waals surface area contributed by atoms with Gasteiger partial charge in [0, 0.05) is 17.3 Å². The van der Waals surface area contributed by atoms with Gasteiger partial charge in [0.05, 0.1) is 5.69 Å². The number of para-hydroxylation sites is 1. The molecule has 2 amide bonds. The fraction of sp³-hybridized carbons (Fsp3) is 0.0455. The van der Waals surface area contributed by atoms with E-state index >= 15 is 0 Å². The summed E-state index contributed by atoms with van der Waals surface area (Å²) in [5.41, 5.74) is 6.61. The second-order valence-electron chi connectivity index (χ2n) is 6.64. The van der Waals surface area contributed by atoms with Gasteiger partial charge >= 0.3 is 5.91 Å². The summed E-state index contributed by atoms with van der Waals surface area (Å²) in [6, 6.07) is 20.0. The number of Topliss-reactive ketones (excluding diaryl/α,β-unsaturated/α-hetero) is 1. The number of nitrogens with one attached hydrogen (secondary N) is 3. The van der Waals surface area contributed by atoms with Crippen molar-refractivity contribution in [2.24, 2.45) is 0 Å². The fourth-order valence-electron chi connectivity index (χ4n) is 2.90. The number of ketones is 1. The van der Waals surface area contributed by atoms with Crippen LogP contribution < -0.4 is 10.9 Å². The number of hydrogen-bond acceptors (Lipinski definition) is 5. The Kier molecular flexibility index (Phi) is 5.39. The summed E-state index contributed by atoms with van der Waals surface area (Å²) < 4.78 is 1.57. The zero-order valence-corrected chi connectivity index (χ0v) is 16.5. The van der Waals surface area contributed by atoms with Crippen LogP contribution in [0.25, 0.3) is 17.1 Å². The van der Waals surface area contributed by atoms with E-state index in [2.05, 4.69) is 25.9 Å². The molecule has 0 radical (unpaired) electrons. The maximum Gasteiger partial charge on any atom is 0.309 e. The van der Waals surface area contributed by atoms with E-state index in [0.29, 0.717) is 11.4 Å². The van der Waals surface area contributed by atoms with Crippen molar-refractivity contribution in [3.05, 3.63) is 90.0 Å². The number of benzene rings is 2. The Morgan fingerprint density at radius 3 is 2.19 bits per heavy atom. The van der Waals surface area contributed by atoms with Crippen molar-refractivity contribution in [3.63, 3.8) is 0 Å². The van der Waals surface area contributed by atoms with Crippen molar-refractivity contribution in [1.82, 2.24) is 30.6 Å². The molecule has 0 spiro atoms. The van der Waals surface area contributed by atoms with Gasteiger partial charge in [-0.1, -0.05) is 48.5 Å². The summed E-state index contributed by atoms with van der Waals surface area (Å²) in [4.78, 5) is 43.2. The lowest BCUT2D eigenvalue weighted by Crippen LogP contribution is -2.42. The lowest BCUT2D eigenvalue weighted by Gasteiger charge is -2.05. The molecule has 31 heavy (non-hydrogen) atoms. The molecule has 0 aliphatic rings. The monoisotopic (exact) mass is 414 g/mol. The molecule has 0 fully saturated rings. The van der Waals surface area contributed by atoms with Gasteiger partial charge < -0.3 is 4.98 Å². The molecule has 0 aliphatic carbocycles. The van der Waals surface area contributed by atoms with Gasteiger partial charge in [-0.25, -0.2) is 9.67 Å². The largest absolute Gasteiger partial charge is 0.356 e. The number of aromatic nitrogens is 4. The van der Waals surface area contributed by atoms with E-state index in [9.17, 15) is 14.4 Å². The highest BCUT2D eigenvalue weighted by molar-refractivity contribution is 6.00. The van der Waals surface area contributed by atoms with E-state index in [1.807, 2.05) is 60.7 Å². The Hall–Kier alpha value is -4.53. The highest BCUT2D eigenvalue weighted by atomic mass is 16.2. The number of amides is 2. The molecule has 154 valence electrons. The molecule has 0 saturated heterocycles. The molecule has 3 N–H and O–H groups in total. The number of carbonyl (C=O) groups is 3. The van der Waals surface area contributed by atoms with Crippen molar-refractivity contribution in [2.45, 2.75) is 6.92 Å². The zero-order valence-electron chi connectivity index (χ0n) is 16.5. The van der Waals surface area contributed by atoms with Crippen molar-refractivity contribution in [1.29, 1.82) is 0 Å². The van der Waals surface area contributed by atoms with Gasteiger partial charge in [0.15, 0.2) is 11.6 Å². The average Bonchev–Trinajstić information content (AvgIpc) is 3.47. The van der Waals surface area contributed by atoms with Gasteiger partial charge in [0.25, 0.3) is 5.91 Å². The quantitative estimate of drug-likeness (QED) is 0.342. The third kappa shape index (κ3) is 4.25. The molecule has 2 aromatic carbocycles. The second-order valence-corrected chi connectivity index (χ2v) is 6.64. The molecule has 4 rings (SSSR count). The minimum atomic E-state index is -0.682. The van der Waals surface area contributed by atoms with Gasteiger partial charge in [-0.15, -0.1) is 5.10 Å². The smallest absolute Gasteiger partial charge is 0.309 e. The molecule has 0 aliphatic heterocycles. The molecule has 0 saturated carbocycles. The van der Waals surface area contributed by atoms with Gasteiger partial charge in [-0.2, -0.15) is 0 Å². The van der Waals surface area contributed by atoms with Gasteiger partial charge in [0.2, 0.25) is 5.82 Å². The molecule has 9 nitrogen and oxygen atoms in total. The number of aromatic amines is 1. The van der Waals surface area contributed by atoms with Crippen LogP contribution in [0.3, 0.4) is 0 Å². The van der Waals surface area contributed by atoms with Crippen LogP contribution in [0.1, 0.15) is 38.4 Å². The van der Waals surface area contributed by atoms with E-state index in [1.165, 1.54) is 19.2 Å². The molecule has 0 unspecified atom stereocenters. The predicted molar refractivity (Wildman–Crippen MR) is 113 cm³/mol. The molecular formula is C22H18N6O3. The summed E-state index contributed by atoms with van der Waals surface area (Å²) in [7, 11) is 0. The maximum absolute atomic E-state index is 12.6. The fourth-order valence-corrected chi connectivity index (χ4v) is 2.90. The Morgan fingerprint density at radius 2 is 1.55 bits per heavy atom. The van der Waals surface area contributed by atoms with Crippen LogP contribution in [0.15, 0.2) is 72.9 Å². The molecule has 0 bridgehead atoms. The van der Waals surface area contributed by atoms with Crippen LogP contribution in [-0.4, -0.2) is 37.3 Å². The molecule has 0 atom stereocenters. The second kappa shape index (κ2) is 8.46. The normalized spacial score (nSPS) is 10.5.